The number of rotatable bonds is 2. The number of allylic oxidation sites excluding steroid dienone is 1. The molecule has 2 aliphatic rings. The van der Waals surface area contributed by atoms with E-state index < -0.39 is 0 Å². The zero-order valence-corrected chi connectivity index (χ0v) is 15.1. The molecule has 3 nitrogen and oxygen atoms in total. The van der Waals surface area contributed by atoms with Gasteiger partial charge in [-0.15, -0.1) is 0 Å². The highest BCUT2D eigenvalue weighted by molar-refractivity contribution is 5.91. The molecule has 0 saturated carbocycles. The van der Waals surface area contributed by atoms with Crippen LogP contribution in [0.25, 0.3) is 16.5 Å². The van der Waals surface area contributed by atoms with Gasteiger partial charge in [-0.1, -0.05) is 19.4 Å². The van der Waals surface area contributed by atoms with Gasteiger partial charge in [0.1, 0.15) is 5.75 Å². The molecule has 24 heavy (non-hydrogen) atoms. The molecule has 1 unspecified atom stereocenters. The molecule has 0 amide bonds. The largest absolute Gasteiger partial charge is 0.497 e. The van der Waals surface area contributed by atoms with Crippen molar-refractivity contribution in [3.05, 3.63) is 35.5 Å². The van der Waals surface area contributed by atoms with Crippen LogP contribution in [0.1, 0.15) is 37.4 Å². The highest BCUT2D eigenvalue weighted by atomic mass is 16.5. The SMILES string of the molecule is CC[C@@H]1CC2=CC(CNCCc3c2n(C)c2ccc(OC)cc32)C1. The average molecular weight is 324 g/mol. The first-order valence-corrected chi connectivity index (χ1v) is 9.28. The van der Waals surface area contributed by atoms with Gasteiger partial charge in [-0.2, -0.15) is 0 Å². The van der Waals surface area contributed by atoms with E-state index in [9.17, 15) is 0 Å². The van der Waals surface area contributed by atoms with Gasteiger partial charge in [-0.3, -0.25) is 0 Å². The minimum atomic E-state index is 0.678. The Hall–Kier alpha value is -1.74. The van der Waals surface area contributed by atoms with Gasteiger partial charge in [0, 0.05) is 30.2 Å². The van der Waals surface area contributed by atoms with Crippen molar-refractivity contribution in [2.75, 3.05) is 20.2 Å². The highest BCUT2D eigenvalue weighted by Crippen LogP contribution is 2.40. The molecule has 0 fully saturated rings. The second-order valence-corrected chi connectivity index (χ2v) is 7.39. The average Bonchev–Trinajstić information content (AvgIpc) is 2.91. The molecule has 2 heterocycles. The lowest BCUT2D eigenvalue weighted by atomic mass is 9.79. The molecule has 2 aromatic rings. The minimum Gasteiger partial charge on any atom is -0.497 e. The Morgan fingerprint density at radius 2 is 2.21 bits per heavy atom. The van der Waals surface area contributed by atoms with Crippen molar-refractivity contribution >= 4 is 16.5 Å². The highest BCUT2D eigenvalue weighted by Gasteiger charge is 2.27. The normalized spacial score (nSPS) is 23.9. The van der Waals surface area contributed by atoms with E-state index in [4.69, 9.17) is 4.74 Å². The predicted molar refractivity (Wildman–Crippen MR) is 101 cm³/mol. The van der Waals surface area contributed by atoms with Crippen LogP contribution < -0.4 is 10.1 Å². The summed E-state index contributed by atoms with van der Waals surface area (Å²) in [5.74, 6) is 2.44. The van der Waals surface area contributed by atoms with Crippen LogP contribution in [-0.2, 0) is 13.5 Å². The molecule has 128 valence electrons. The van der Waals surface area contributed by atoms with Crippen molar-refractivity contribution in [1.29, 1.82) is 0 Å². The van der Waals surface area contributed by atoms with Crippen LogP contribution in [0.5, 0.6) is 5.75 Å². The molecule has 0 saturated heterocycles. The molecular formula is C21H28N2O. The summed E-state index contributed by atoms with van der Waals surface area (Å²) in [6.07, 6.45) is 7.47. The van der Waals surface area contributed by atoms with Gasteiger partial charge in [0.25, 0.3) is 0 Å². The maximum absolute atomic E-state index is 5.48. The van der Waals surface area contributed by atoms with Gasteiger partial charge in [-0.25, -0.2) is 0 Å². The Balaban J connectivity index is 1.92. The van der Waals surface area contributed by atoms with Crippen molar-refractivity contribution in [2.24, 2.45) is 18.9 Å². The summed E-state index contributed by atoms with van der Waals surface area (Å²) in [7, 11) is 3.98. The standard InChI is InChI=1S/C21H28N2O/c1-4-14-9-15-11-16(10-14)21-18(7-8-22-13-15)19-12-17(24-3)5-6-20(19)23(21)2/h5-6,11-12,14-15,22H,4,7-10,13H2,1-3H3/t14-,15?/m0/s1. The maximum atomic E-state index is 5.48. The van der Waals surface area contributed by atoms with Gasteiger partial charge < -0.3 is 14.6 Å². The van der Waals surface area contributed by atoms with Gasteiger partial charge >= 0.3 is 0 Å². The number of fused-ring (bicyclic) bond motifs is 5. The number of hydrogen-bond acceptors (Lipinski definition) is 2. The zero-order valence-electron chi connectivity index (χ0n) is 15.1. The van der Waals surface area contributed by atoms with Gasteiger partial charge in [-0.05, 0) is 67.0 Å². The Morgan fingerprint density at radius 3 is 3.00 bits per heavy atom. The lowest BCUT2D eigenvalue weighted by Gasteiger charge is -2.28. The summed E-state index contributed by atoms with van der Waals surface area (Å²) >= 11 is 0. The van der Waals surface area contributed by atoms with E-state index in [0.29, 0.717) is 5.92 Å². The summed E-state index contributed by atoms with van der Waals surface area (Å²) in [4.78, 5) is 0. The number of methoxy groups -OCH3 is 1. The van der Waals surface area contributed by atoms with Crippen LogP contribution in [0.3, 0.4) is 0 Å². The van der Waals surface area contributed by atoms with Crippen molar-refractivity contribution in [3.63, 3.8) is 0 Å². The summed E-state index contributed by atoms with van der Waals surface area (Å²) < 4.78 is 7.89. The van der Waals surface area contributed by atoms with E-state index in [-0.39, 0.29) is 0 Å². The minimum absolute atomic E-state index is 0.678. The lowest BCUT2D eigenvalue weighted by molar-refractivity contribution is 0.383. The number of hydrogen-bond donors (Lipinski definition) is 1. The topological polar surface area (TPSA) is 26.2 Å². The van der Waals surface area contributed by atoms with Crippen LogP contribution >= 0.6 is 0 Å². The Bertz CT molecular complexity index is 787. The first-order valence-electron chi connectivity index (χ1n) is 9.28. The summed E-state index contributed by atoms with van der Waals surface area (Å²) in [6, 6.07) is 6.50. The number of aryl methyl sites for hydroxylation is 1. The zero-order chi connectivity index (χ0) is 16.7. The Kier molecular flexibility index (Phi) is 4.13. The van der Waals surface area contributed by atoms with Gasteiger partial charge in [0.15, 0.2) is 0 Å². The van der Waals surface area contributed by atoms with Crippen LogP contribution in [-0.4, -0.2) is 24.8 Å². The first-order chi connectivity index (χ1) is 11.7. The van der Waals surface area contributed by atoms with Crippen molar-refractivity contribution in [2.45, 2.75) is 32.6 Å². The number of aromatic nitrogens is 1. The fourth-order valence-corrected chi connectivity index (χ4v) is 4.66. The second kappa shape index (κ2) is 6.29. The molecule has 1 aromatic carbocycles. The number of nitrogens with one attached hydrogen (secondary N) is 1. The van der Waals surface area contributed by atoms with Gasteiger partial charge in [0.2, 0.25) is 0 Å². The quantitative estimate of drug-likeness (QED) is 0.898. The molecule has 1 N–H and O–H groups in total. The first kappa shape index (κ1) is 15.8. The van der Waals surface area contributed by atoms with E-state index >= 15 is 0 Å². The van der Waals surface area contributed by atoms with Crippen molar-refractivity contribution < 1.29 is 4.74 Å². The van der Waals surface area contributed by atoms with Crippen LogP contribution in [0.4, 0.5) is 0 Å². The monoisotopic (exact) mass is 324 g/mol. The van der Waals surface area contributed by atoms with E-state index in [2.05, 4.69) is 48.1 Å². The molecule has 2 bridgehead atoms. The Labute approximate surface area is 144 Å². The molecule has 4 rings (SSSR count). The Morgan fingerprint density at radius 1 is 1.33 bits per heavy atom. The number of nitrogens with zero attached hydrogens (tertiary/aromatic N) is 1. The van der Waals surface area contributed by atoms with Crippen LogP contribution in [0, 0.1) is 11.8 Å². The molecule has 3 heteroatoms. The number of benzene rings is 1. The maximum Gasteiger partial charge on any atom is 0.119 e. The smallest absolute Gasteiger partial charge is 0.119 e. The predicted octanol–water partition coefficient (Wildman–Crippen LogP) is 4.15. The van der Waals surface area contributed by atoms with Crippen LogP contribution in [0.15, 0.2) is 24.3 Å². The van der Waals surface area contributed by atoms with E-state index in [1.807, 2.05) is 0 Å². The van der Waals surface area contributed by atoms with Crippen molar-refractivity contribution in [3.8, 4) is 5.75 Å². The molecular weight excluding hydrogens is 296 g/mol. The molecule has 1 aliphatic heterocycles. The summed E-state index contributed by atoms with van der Waals surface area (Å²) in [5.41, 5.74) is 5.83. The molecule has 0 spiro atoms. The van der Waals surface area contributed by atoms with E-state index in [0.717, 1.165) is 31.2 Å². The molecule has 1 aliphatic carbocycles. The third-order valence-corrected chi connectivity index (χ3v) is 5.93. The number of ether oxygens (including phenoxy) is 1. The lowest BCUT2D eigenvalue weighted by Crippen LogP contribution is -2.26. The summed E-state index contributed by atoms with van der Waals surface area (Å²) in [5, 5.41) is 5.04. The van der Waals surface area contributed by atoms with E-state index in [1.165, 1.54) is 41.4 Å². The fourth-order valence-electron chi connectivity index (χ4n) is 4.66. The third-order valence-electron chi connectivity index (χ3n) is 5.93. The fraction of sp³-hybridized carbons (Fsp3) is 0.524. The summed E-state index contributed by atoms with van der Waals surface area (Å²) in [6.45, 7) is 4.51. The van der Waals surface area contributed by atoms with Crippen molar-refractivity contribution in [1.82, 2.24) is 9.88 Å². The van der Waals surface area contributed by atoms with Gasteiger partial charge in [0.05, 0.1) is 7.11 Å². The second-order valence-electron chi connectivity index (χ2n) is 7.39. The third kappa shape index (κ3) is 2.55. The molecule has 2 atom stereocenters. The van der Waals surface area contributed by atoms with Crippen LogP contribution in [0.2, 0.25) is 0 Å². The molecule has 1 aromatic heterocycles. The molecule has 0 radical (unpaired) electrons. The van der Waals surface area contributed by atoms with E-state index in [1.54, 1.807) is 12.7 Å².